The van der Waals surface area contributed by atoms with E-state index in [-0.39, 0.29) is 40.7 Å². The number of ether oxygens (including phenoxy) is 1. The molecule has 1 aromatic heterocycles. The summed E-state index contributed by atoms with van der Waals surface area (Å²) in [5.74, 6) is -1.26. The number of nitrogens with one attached hydrogen (secondary N) is 1. The zero-order valence-corrected chi connectivity index (χ0v) is 25.1. The number of anilines is 3. The van der Waals surface area contributed by atoms with Gasteiger partial charge in [0.25, 0.3) is 0 Å². The van der Waals surface area contributed by atoms with E-state index in [1.807, 2.05) is 46.4 Å². The molecule has 2 aromatic carbocycles. The third-order valence-corrected chi connectivity index (χ3v) is 8.19. The van der Waals surface area contributed by atoms with E-state index in [0.29, 0.717) is 30.0 Å². The van der Waals surface area contributed by atoms with Gasteiger partial charge >= 0.3 is 0 Å². The van der Waals surface area contributed by atoms with Crippen LogP contribution in [0.3, 0.4) is 0 Å². The molecule has 0 atom stereocenters. The van der Waals surface area contributed by atoms with Crippen LogP contribution in [0.15, 0.2) is 36.5 Å². The quantitative estimate of drug-likeness (QED) is 0.322. The first-order chi connectivity index (χ1) is 19.7. The Balaban J connectivity index is 1.34. The van der Waals surface area contributed by atoms with Crippen LogP contribution in [0.1, 0.15) is 59.9 Å². The highest BCUT2D eigenvalue weighted by atomic mass is 19.1. The van der Waals surface area contributed by atoms with Gasteiger partial charge in [0.2, 0.25) is 5.95 Å². The Kier molecular flexibility index (Phi) is 8.15. The SMILES string of the molecule is CC(C)N1CC(C)(C)Oc2c(F)cc(-c3nc(Nc4ccc(CN5CCC(C(C)(C)O)CC5)c(F)c4)ncc3F)cc21. The van der Waals surface area contributed by atoms with Crippen molar-refractivity contribution in [2.45, 2.75) is 78.2 Å². The fraction of sp³-hybridized carbons (Fsp3) is 0.500. The molecule has 1 fully saturated rings. The van der Waals surface area contributed by atoms with Crippen molar-refractivity contribution < 1.29 is 23.0 Å². The average Bonchev–Trinajstić information content (AvgIpc) is 2.90. The van der Waals surface area contributed by atoms with Gasteiger partial charge in [0, 0.05) is 29.4 Å². The van der Waals surface area contributed by atoms with Crippen LogP contribution >= 0.6 is 0 Å². The Labute approximate surface area is 245 Å². The molecule has 0 spiro atoms. The number of halogens is 3. The minimum atomic E-state index is -0.707. The largest absolute Gasteiger partial charge is 0.481 e. The molecule has 0 saturated carbocycles. The maximum atomic E-state index is 15.3. The van der Waals surface area contributed by atoms with Gasteiger partial charge in [-0.15, -0.1) is 0 Å². The molecule has 3 aromatic rings. The lowest BCUT2D eigenvalue weighted by Gasteiger charge is -2.43. The fourth-order valence-electron chi connectivity index (χ4n) is 5.85. The third-order valence-electron chi connectivity index (χ3n) is 8.19. The molecule has 2 N–H and O–H groups in total. The number of nitrogens with zero attached hydrogens (tertiary/aromatic N) is 4. The minimum absolute atomic E-state index is 0.0588. The summed E-state index contributed by atoms with van der Waals surface area (Å²) < 4.78 is 51.3. The van der Waals surface area contributed by atoms with Gasteiger partial charge in [0.1, 0.15) is 17.1 Å². The van der Waals surface area contributed by atoms with Crippen LogP contribution in [0.4, 0.5) is 30.5 Å². The molecular weight excluding hydrogens is 543 g/mol. The summed E-state index contributed by atoms with van der Waals surface area (Å²) in [7, 11) is 0. The summed E-state index contributed by atoms with van der Waals surface area (Å²) in [5.41, 5.74) is 0.387. The zero-order chi connectivity index (χ0) is 30.4. The number of piperidine rings is 1. The van der Waals surface area contributed by atoms with Crippen molar-refractivity contribution in [2.24, 2.45) is 5.92 Å². The lowest BCUT2D eigenvalue weighted by atomic mass is 9.83. The summed E-state index contributed by atoms with van der Waals surface area (Å²) >= 11 is 0. The van der Waals surface area contributed by atoms with Crippen molar-refractivity contribution in [3.8, 4) is 17.0 Å². The molecule has 5 rings (SSSR count). The number of likely N-dealkylation sites (tertiary alicyclic amines) is 1. The van der Waals surface area contributed by atoms with Gasteiger partial charge in [-0.05, 0) is 97.7 Å². The number of hydrogen-bond donors (Lipinski definition) is 2. The van der Waals surface area contributed by atoms with Gasteiger partial charge in [0.05, 0.1) is 24.0 Å². The summed E-state index contributed by atoms with van der Waals surface area (Å²) in [6.45, 7) is 14.1. The van der Waals surface area contributed by atoms with Crippen LogP contribution in [0.5, 0.6) is 5.75 Å². The second kappa shape index (κ2) is 11.4. The van der Waals surface area contributed by atoms with E-state index in [0.717, 1.165) is 32.1 Å². The van der Waals surface area contributed by atoms with E-state index in [1.165, 1.54) is 12.1 Å². The van der Waals surface area contributed by atoms with Crippen molar-refractivity contribution in [3.05, 3.63) is 59.5 Å². The number of aliphatic hydroxyl groups is 1. The standard InChI is InChI=1S/C32H40F3N5O2/c1-19(2)40-18-31(3,4)42-29-25(34)13-21(14-27(29)40)28-26(35)16-36-30(38-28)37-23-8-7-20(24(33)15-23)17-39-11-9-22(10-12-39)32(5,6)41/h7-8,13-16,19,22,41H,9-12,17-18H2,1-6H3,(H,36,37,38). The molecule has 3 heterocycles. The maximum absolute atomic E-state index is 15.3. The van der Waals surface area contributed by atoms with Crippen LogP contribution in [0.2, 0.25) is 0 Å². The summed E-state index contributed by atoms with van der Waals surface area (Å²) in [6.07, 6.45) is 2.75. The Bertz CT molecular complexity index is 1450. The van der Waals surface area contributed by atoms with Crippen molar-refractivity contribution in [3.63, 3.8) is 0 Å². The van der Waals surface area contributed by atoms with E-state index in [2.05, 4.69) is 20.2 Å². The topological polar surface area (TPSA) is 73.8 Å². The predicted octanol–water partition coefficient (Wildman–Crippen LogP) is 6.67. The van der Waals surface area contributed by atoms with Crippen LogP contribution in [-0.2, 0) is 6.54 Å². The van der Waals surface area contributed by atoms with Crippen molar-refractivity contribution >= 4 is 17.3 Å². The molecule has 0 bridgehead atoms. The van der Waals surface area contributed by atoms with Crippen LogP contribution < -0.4 is 15.0 Å². The second-order valence-corrected chi connectivity index (χ2v) is 12.9. The Morgan fingerprint density at radius 2 is 1.79 bits per heavy atom. The van der Waals surface area contributed by atoms with Crippen LogP contribution in [0.25, 0.3) is 11.3 Å². The van der Waals surface area contributed by atoms with E-state index in [1.54, 1.807) is 18.2 Å². The molecular formula is C32H40F3N5O2. The number of hydrogen-bond acceptors (Lipinski definition) is 7. The smallest absolute Gasteiger partial charge is 0.227 e. The summed E-state index contributed by atoms with van der Waals surface area (Å²) in [5, 5.41) is 13.2. The molecule has 10 heteroatoms. The highest BCUT2D eigenvalue weighted by Gasteiger charge is 2.35. The lowest BCUT2D eigenvalue weighted by Crippen LogP contribution is -2.49. The molecule has 0 unspecified atom stereocenters. The Morgan fingerprint density at radius 3 is 2.43 bits per heavy atom. The van der Waals surface area contributed by atoms with Crippen LogP contribution in [-0.4, -0.2) is 56.9 Å². The highest BCUT2D eigenvalue weighted by molar-refractivity contribution is 5.73. The van der Waals surface area contributed by atoms with Gasteiger partial charge in [-0.3, -0.25) is 4.90 Å². The van der Waals surface area contributed by atoms with Gasteiger partial charge in [-0.25, -0.2) is 23.1 Å². The third kappa shape index (κ3) is 6.49. The fourth-order valence-corrected chi connectivity index (χ4v) is 5.85. The monoisotopic (exact) mass is 583 g/mol. The molecule has 7 nitrogen and oxygen atoms in total. The molecule has 0 aliphatic carbocycles. The number of aromatic nitrogens is 2. The molecule has 0 radical (unpaired) electrons. The Hall–Kier alpha value is -3.37. The van der Waals surface area contributed by atoms with Gasteiger partial charge < -0.3 is 20.1 Å². The number of rotatable bonds is 7. The average molecular weight is 584 g/mol. The lowest BCUT2D eigenvalue weighted by molar-refractivity contribution is -0.0137. The first-order valence-electron chi connectivity index (χ1n) is 14.5. The van der Waals surface area contributed by atoms with Gasteiger partial charge in [-0.2, -0.15) is 0 Å². The predicted molar refractivity (Wildman–Crippen MR) is 159 cm³/mol. The molecule has 226 valence electrons. The van der Waals surface area contributed by atoms with Gasteiger partial charge in [0.15, 0.2) is 17.4 Å². The highest BCUT2D eigenvalue weighted by Crippen LogP contribution is 2.43. The first kappa shape index (κ1) is 30.1. The first-order valence-corrected chi connectivity index (χ1v) is 14.5. The number of fused-ring (bicyclic) bond motifs is 1. The van der Waals surface area contributed by atoms with Crippen LogP contribution in [0, 0.1) is 23.4 Å². The van der Waals surface area contributed by atoms with E-state index < -0.39 is 22.8 Å². The maximum Gasteiger partial charge on any atom is 0.227 e. The molecule has 2 aliphatic heterocycles. The minimum Gasteiger partial charge on any atom is -0.481 e. The molecule has 0 amide bonds. The van der Waals surface area contributed by atoms with E-state index in [4.69, 9.17) is 4.74 Å². The van der Waals surface area contributed by atoms with Crippen molar-refractivity contribution in [1.29, 1.82) is 0 Å². The Morgan fingerprint density at radius 1 is 1.07 bits per heavy atom. The second-order valence-electron chi connectivity index (χ2n) is 12.9. The normalized spacial score (nSPS) is 17.7. The molecule has 1 saturated heterocycles. The van der Waals surface area contributed by atoms with E-state index in [9.17, 15) is 9.50 Å². The number of benzene rings is 2. The van der Waals surface area contributed by atoms with Crippen molar-refractivity contribution in [2.75, 3.05) is 29.9 Å². The van der Waals surface area contributed by atoms with Gasteiger partial charge in [-0.1, -0.05) is 6.07 Å². The van der Waals surface area contributed by atoms with Crippen molar-refractivity contribution in [1.82, 2.24) is 14.9 Å². The summed E-state index contributed by atoms with van der Waals surface area (Å²) in [4.78, 5) is 12.6. The molecule has 2 aliphatic rings. The van der Waals surface area contributed by atoms with E-state index >= 15 is 8.78 Å². The zero-order valence-electron chi connectivity index (χ0n) is 25.1. The molecule has 42 heavy (non-hydrogen) atoms. The summed E-state index contributed by atoms with van der Waals surface area (Å²) in [6, 6.07) is 7.77.